The fourth-order valence-corrected chi connectivity index (χ4v) is 6.96. The summed E-state index contributed by atoms with van der Waals surface area (Å²) in [5, 5.41) is 2.84. The Kier molecular flexibility index (Phi) is 3.32. The summed E-state index contributed by atoms with van der Waals surface area (Å²) in [5.41, 5.74) is 0. The topological polar surface area (TPSA) is 0 Å². The first-order valence-corrected chi connectivity index (χ1v) is 8.92. The molecule has 0 unspecified atom stereocenters. The van der Waals surface area contributed by atoms with Crippen molar-refractivity contribution in [2.24, 2.45) is 0 Å². The average molecular weight is 237 g/mol. The van der Waals surface area contributed by atoms with Gasteiger partial charge < -0.3 is 0 Å². The van der Waals surface area contributed by atoms with Gasteiger partial charge in [-0.25, -0.2) is 0 Å². The van der Waals surface area contributed by atoms with Gasteiger partial charge in [0.25, 0.3) is 0 Å². The van der Waals surface area contributed by atoms with Crippen LogP contribution in [0.3, 0.4) is 0 Å². The third kappa shape index (κ3) is 2.04. The molecule has 0 saturated carbocycles. The van der Waals surface area contributed by atoms with Crippen molar-refractivity contribution in [2.75, 3.05) is 0 Å². The van der Waals surface area contributed by atoms with Crippen LogP contribution >= 0.6 is 11.1 Å². The Bertz CT molecular complexity index is 331. The number of rotatable bonds is 4. The van der Waals surface area contributed by atoms with E-state index in [9.17, 15) is 0 Å². The molecule has 0 bridgehead atoms. The molecule has 0 aromatic heterocycles. The summed E-state index contributed by atoms with van der Waals surface area (Å²) in [6, 6.07) is 1.15. The molecule has 0 amide bonds. The maximum absolute atomic E-state index is 6.95. The molecule has 0 aromatic rings. The van der Waals surface area contributed by atoms with Gasteiger partial charge in [0.1, 0.15) is 0 Å². The van der Waals surface area contributed by atoms with E-state index in [2.05, 4.69) is 43.4 Å². The van der Waals surface area contributed by atoms with E-state index in [1.54, 1.807) is 0 Å². The number of allylic oxidation sites excluding steroid dienone is 8. The largest absolute Gasteiger partial charge is 0.216 e. The molecule has 2 rings (SSSR count). The first kappa shape index (κ1) is 11.0. The van der Waals surface area contributed by atoms with Crippen LogP contribution in [0, 0.1) is 0 Å². The van der Waals surface area contributed by atoms with Crippen LogP contribution < -0.4 is 0 Å². The minimum absolute atomic E-state index is 1.07. The lowest BCUT2D eigenvalue weighted by Crippen LogP contribution is -2.31. The molecule has 0 radical (unpaired) electrons. The zero-order chi connectivity index (χ0) is 10.7. The van der Waals surface area contributed by atoms with Gasteiger partial charge in [-0.05, 0) is 29.3 Å². The van der Waals surface area contributed by atoms with Crippen LogP contribution in [-0.2, 0) is 0 Å². The van der Waals surface area contributed by atoms with Crippen LogP contribution in [0.5, 0.6) is 0 Å². The molecule has 0 fully saturated rings. The maximum atomic E-state index is 6.95. The molecule has 2 heteroatoms. The molecule has 80 valence electrons. The van der Waals surface area contributed by atoms with E-state index in [0.717, 1.165) is 18.9 Å². The van der Waals surface area contributed by atoms with Crippen LogP contribution in [0.25, 0.3) is 0 Å². The summed E-state index contributed by atoms with van der Waals surface area (Å²) in [6.45, 7) is 2.22. The molecule has 15 heavy (non-hydrogen) atoms. The SMILES string of the molecule is CCC[Si](Cl)(C1=CCC=C1)C1=CCC=C1. The van der Waals surface area contributed by atoms with Crippen molar-refractivity contribution in [3.8, 4) is 0 Å². The lowest BCUT2D eigenvalue weighted by atomic mass is 10.5. The van der Waals surface area contributed by atoms with Crippen LogP contribution in [0.1, 0.15) is 26.2 Å². The predicted octanol–water partition coefficient (Wildman–Crippen LogP) is 4.43. The van der Waals surface area contributed by atoms with Crippen LogP contribution in [0.15, 0.2) is 46.8 Å². The van der Waals surface area contributed by atoms with Crippen molar-refractivity contribution in [3.63, 3.8) is 0 Å². The monoisotopic (exact) mass is 236 g/mol. The summed E-state index contributed by atoms with van der Waals surface area (Å²) >= 11 is 6.95. The fraction of sp³-hybridized carbons (Fsp3) is 0.385. The minimum Gasteiger partial charge on any atom is -0.155 e. The van der Waals surface area contributed by atoms with E-state index in [1.165, 1.54) is 16.8 Å². The first-order valence-electron chi connectivity index (χ1n) is 5.70. The van der Waals surface area contributed by atoms with Gasteiger partial charge in [-0.2, -0.15) is 11.1 Å². The molecule has 0 nitrogen and oxygen atoms in total. The Morgan fingerprint density at radius 1 is 1.13 bits per heavy atom. The summed E-state index contributed by atoms with van der Waals surface area (Å²) in [5.74, 6) is 0. The van der Waals surface area contributed by atoms with Gasteiger partial charge in [0.15, 0.2) is 0 Å². The molecule has 0 atom stereocenters. The molecular formula is C13H17ClSi. The number of hydrogen-bond acceptors (Lipinski definition) is 0. The fourth-order valence-electron chi connectivity index (χ4n) is 2.30. The highest BCUT2D eigenvalue weighted by molar-refractivity contribution is 7.28. The number of halogens is 1. The molecular weight excluding hydrogens is 220 g/mol. The lowest BCUT2D eigenvalue weighted by molar-refractivity contribution is 1.06. The van der Waals surface area contributed by atoms with Crippen LogP contribution in [0.4, 0.5) is 0 Å². The van der Waals surface area contributed by atoms with Crippen molar-refractivity contribution in [1.82, 2.24) is 0 Å². The smallest absolute Gasteiger partial charge is 0.155 e. The van der Waals surface area contributed by atoms with Gasteiger partial charge in [-0.1, -0.05) is 49.8 Å². The summed E-state index contributed by atoms with van der Waals surface area (Å²) in [7, 11) is -1.86. The summed E-state index contributed by atoms with van der Waals surface area (Å²) in [4.78, 5) is 0. The normalized spacial score (nSPS) is 19.6. The highest BCUT2D eigenvalue weighted by Gasteiger charge is 2.37. The minimum atomic E-state index is -1.86. The van der Waals surface area contributed by atoms with Gasteiger partial charge in [0, 0.05) is 0 Å². The molecule has 0 N–H and O–H groups in total. The van der Waals surface area contributed by atoms with Gasteiger partial charge in [-0.15, -0.1) is 0 Å². The van der Waals surface area contributed by atoms with E-state index < -0.39 is 7.38 Å². The van der Waals surface area contributed by atoms with E-state index in [4.69, 9.17) is 11.1 Å². The second-order valence-corrected chi connectivity index (χ2v) is 9.34. The van der Waals surface area contributed by atoms with E-state index in [1.807, 2.05) is 0 Å². The van der Waals surface area contributed by atoms with Crippen molar-refractivity contribution in [2.45, 2.75) is 32.2 Å². The van der Waals surface area contributed by atoms with Crippen molar-refractivity contribution in [3.05, 3.63) is 46.8 Å². The third-order valence-corrected chi connectivity index (χ3v) is 8.69. The van der Waals surface area contributed by atoms with Crippen molar-refractivity contribution in [1.29, 1.82) is 0 Å². The molecule has 0 aromatic carbocycles. The maximum Gasteiger partial charge on any atom is 0.216 e. The molecule has 0 saturated heterocycles. The molecule has 2 aliphatic rings. The van der Waals surface area contributed by atoms with Crippen LogP contribution in [0.2, 0.25) is 6.04 Å². The van der Waals surface area contributed by atoms with E-state index in [-0.39, 0.29) is 0 Å². The second kappa shape index (κ2) is 4.54. The Labute approximate surface area is 97.7 Å². The highest BCUT2D eigenvalue weighted by Crippen LogP contribution is 2.38. The zero-order valence-electron chi connectivity index (χ0n) is 9.17. The molecule has 0 aliphatic heterocycles. The third-order valence-electron chi connectivity index (χ3n) is 3.05. The Morgan fingerprint density at radius 3 is 2.00 bits per heavy atom. The average Bonchev–Trinajstić information content (AvgIpc) is 2.92. The Hall–Kier alpha value is -0.533. The van der Waals surface area contributed by atoms with Gasteiger partial charge in [-0.3, -0.25) is 0 Å². The quantitative estimate of drug-likeness (QED) is 0.500. The van der Waals surface area contributed by atoms with Gasteiger partial charge >= 0.3 is 0 Å². The zero-order valence-corrected chi connectivity index (χ0v) is 10.9. The molecule has 0 spiro atoms. The van der Waals surface area contributed by atoms with Gasteiger partial charge in [0.2, 0.25) is 7.38 Å². The molecule has 2 aliphatic carbocycles. The number of hydrogen-bond donors (Lipinski definition) is 0. The Balaban J connectivity index is 2.30. The van der Waals surface area contributed by atoms with Crippen molar-refractivity contribution >= 4 is 18.5 Å². The van der Waals surface area contributed by atoms with E-state index in [0.29, 0.717) is 0 Å². The summed E-state index contributed by atoms with van der Waals surface area (Å²) < 4.78 is 0. The summed E-state index contributed by atoms with van der Waals surface area (Å²) in [6.07, 6.45) is 16.8. The van der Waals surface area contributed by atoms with Gasteiger partial charge in [0.05, 0.1) is 0 Å². The van der Waals surface area contributed by atoms with Crippen molar-refractivity contribution < 1.29 is 0 Å². The van der Waals surface area contributed by atoms with Crippen LogP contribution in [-0.4, -0.2) is 7.38 Å². The first-order chi connectivity index (χ1) is 7.27. The lowest BCUT2D eigenvalue weighted by Gasteiger charge is -2.25. The standard InChI is InChI=1S/C13H17ClSi/c1-2-11-15(14,12-7-3-4-8-12)13-9-5-6-10-13/h3,5,7-10H,2,4,6,11H2,1H3. The van der Waals surface area contributed by atoms with E-state index >= 15 is 0 Å². The highest BCUT2D eigenvalue weighted by atomic mass is 35.6. The second-order valence-electron chi connectivity index (χ2n) is 4.15. The predicted molar refractivity (Wildman–Crippen MR) is 70.4 cm³/mol. The molecule has 0 heterocycles. The Morgan fingerprint density at radius 2 is 1.67 bits per heavy atom.